The van der Waals surface area contributed by atoms with E-state index < -0.39 is 34.8 Å². The van der Waals surface area contributed by atoms with Gasteiger partial charge in [0.15, 0.2) is 5.78 Å². The molecule has 1 amide bonds. The van der Waals surface area contributed by atoms with Gasteiger partial charge in [-0.3, -0.25) is 10.1 Å². The summed E-state index contributed by atoms with van der Waals surface area (Å²) in [6, 6.07) is 12.9. The highest BCUT2D eigenvalue weighted by Gasteiger charge is 2.62. The molecule has 31 heavy (non-hydrogen) atoms. The maximum atomic E-state index is 14.4. The maximum absolute atomic E-state index is 14.4. The van der Waals surface area contributed by atoms with Gasteiger partial charge in [-0.2, -0.15) is 13.2 Å². The van der Waals surface area contributed by atoms with Crippen LogP contribution in [0.2, 0.25) is 0 Å². The van der Waals surface area contributed by atoms with Crippen LogP contribution in [0.25, 0.3) is 6.08 Å². The van der Waals surface area contributed by atoms with Crippen LogP contribution in [0.4, 0.5) is 18.0 Å². The number of rotatable bonds is 6. The average Bonchev–Trinajstić information content (AvgIpc) is 2.68. The van der Waals surface area contributed by atoms with Crippen molar-refractivity contribution in [3.8, 4) is 5.75 Å². The van der Waals surface area contributed by atoms with Gasteiger partial charge in [0.1, 0.15) is 11.4 Å². The minimum atomic E-state index is -5.15. The third-order valence-corrected chi connectivity index (χ3v) is 4.21. The highest BCUT2D eigenvalue weighted by atomic mass is 19.4. The van der Waals surface area contributed by atoms with Crippen LogP contribution in [-0.2, 0) is 15.1 Å². The Morgan fingerprint density at radius 3 is 2.16 bits per heavy atom. The first-order valence-corrected chi connectivity index (χ1v) is 9.39. The van der Waals surface area contributed by atoms with Gasteiger partial charge >= 0.3 is 12.3 Å². The molecular weight excluding hydrogens is 411 g/mol. The van der Waals surface area contributed by atoms with Crippen molar-refractivity contribution in [2.75, 3.05) is 7.11 Å². The first-order valence-electron chi connectivity index (χ1n) is 9.39. The summed E-state index contributed by atoms with van der Waals surface area (Å²) in [6.07, 6.45) is -4.50. The van der Waals surface area contributed by atoms with E-state index in [1.807, 2.05) is 0 Å². The number of hydrogen-bond acceptors (Lipinski definition) is 4. The fourth-order valence-corrected chi connectivity index (χ4v) is 2.84. The van der Waals surface area contributed by atoms with Crippen molar-refractivity contribution in [1.82, 2.24) is 5.32 Å². The Kier molecular flexibility index (Phi) is 7.15. The lowest BCUT2D eigenvalue weighted by Crippen LogP contribution is -2.61. The van der Waals surface area contributed by atoms with Crippen molar-refractivity contribution >= 4 is 18.0 Å². The number of carbonyl (C=O) groups is 2. The van der Waals surface area contributed by atoms with Crippen molar-refractivity contribution in [1.29, 1.82) is 0 Å². The van der Waals surface area contributed by atoms with E-state index in [4.69, 9.17) is 9.47 Å². The normalized spacial score (nSPS) is 14.0. The fraction of sp³-hybridized carbons (Fsp3) is 0.304. The second-order valence-electron chi connectivity index (χ2n) is 7.71. The quantitative estimate of drug-likeness (QED) is 0.629. The molecule has 0 radical (unpaired) electrons. The average molecular weight is 435 g/mol. The number of alkyl carbamates (subject to hydrolysis) is 1. The van der Waals surface area contributed by atoms with Gasteiger partial charge in [-0.05, 0) is 50.1 Å². The molecule has 0 heterocycles. The minimum Gasteiger partial charge on any atom is -0.497 e. The van der Waals surface area contributed by atoms with Crippen LogP contribution in [0, 0.1) is 0 Å². The number of benzene rings is 2. The molecule has 0 aliphatic carbocycles. The number of alkyl halides is 3. The molecule has 2 rings (SSSR count). The Labute approximate surface area is 178 Å². The van der Waals surface area contributed by atoms with Crippen LogP contribution >= 0.6 is 0 Å². The van der Waals surface area contributed by atoms with E-state index in [0.29, 0.717) is 11.3 Å². The zero-order chi connectivity index (χ0) is 23.3. The third kappa shape index (κ3) is 5.87. The maximum Gasteiger partial charge on any atom is 0.423 e. The monoisotopic (exact) mass is 435 g/mol. The molecule has 0 saturated heterocycles. The number of ketones is 1. The van der Waals surface area contributed by atoms with Gasteiger partial charge in [0.2, 0.25) is 5.54 Å². The minimum absolute atomic E-state index is 0.436. The molecule has 0 fully saturated rings. The molecule has 1 atom stereocenters. The number of nitrogens with one attached hydrogen (secondary N) is 1. The molecule has 0 aliphatic heterocycles. The van der Waals surface area contributed by atoms with E-state index in [0.717, 1.165) is 18.2 Å². The number of ether oxygens (including phenoxy) is 2. The van der Waals surface area contributed by atoms with Gasteiger partial charge in [0.25, 0.3) is 0 Å². The van der Waals surface area contributed by atoms with E-state index in [9.17, 15) is 22.8 Å². The van der Waals surface area contributed by atoms with Crippen LogP contribution in [-0.4, -0.2) is 30.8 Å². The zero-order valence-corrected chi connectivity index (χ0v) is 17.6. The summed E-state index contributed by atoms with van der Waals surface area (Å²) in [5.41, 5.74) is -4.37. The highest BCUT2D eigenvalue weighted by Crippen LogP contribution is 2.40. The van der Waals surface area contributed by atoms with Gasteiger partial charge < -0.3 is 9.47 Å². The molecular formula is C23H24F3NO4. The summed E-state index contributed by atoms with van der Waals surface area (Å²) in [4.78, 5) is 25.4. The van der Waals surface area contributed by atoms with Crippen LogP contribution in [0.3, 0.4) is 0 Å². The lowest BCUT2D eigenvalue weighted by molar-refractivity contribution is -0.198. The topological polar surface area (TPSA) is 64.6 Å². The molecule has 0 bridgehead atoms. The van der Waals surface area contributed by atoms with Crippen molar-refractivity contribution in [2.45, 2.75) is 38.1 Å². The Balaban J connectivity index is 2.55. The molecule has 1 N–H and O–H groups in total. The number of methoxy groups -OCH3 is 1. The molecule has 0 aliphatic rings. The number of halogens is 3. The lowest BCUT2D eigenvalue weighted by atomic mass is 9.84. The lowest BCUT2D eigenvalue weighted by Gasteiger charge is -2.35. The van der Waals surface area contributed by atoms with Crippen molar-refractivity contribution < 1.29 is 32.2 Å². The van der Waals surface area contributed by atoms with E-state index >= 15 is 0 Å². The Morgan fingerprint density at radius 1 is 0.968 bits per heavy atom. The summed E-state index contributed by atoms with van der Waals surface area (Å²) in [6.45, 7) is 4.53. The fourth-order valence-electron chi connectivity index (χ4n) is 2.84. The number of amides is 1. The molecule has 2 aromatic carbocycles. The van der Waals surface area contributed by atoms with Crippen LogP contribution in [0.5, 0.6) is 5.75 Å². The first kappa shape index (κ1) is 24.0. The largest absolute Gasteiger partial charge is 0.497 e. The van der Waals surface area contributed by atoms with Crippen molar-refractivity contribution in [2.24, 2.45) is 0 Å². The number of hydrogen-bond donors (Lipinski definition) is 1. The van der Waals surface area contributed by atoms with Crippen LogP contribution in [0.15, 0.2) is 60.7 Å². The van der Waals surface area contributed by atoms with Gasteiger partial charge in [-0.15, -0.1) is 0 Å². The van der Waals surface area contributed by atoms with Crippen molar-refractivity contribution in [3.05, 3.63) is 71.8 Å². The second-order valence-corrected chi connectivity index (χ2v) is 7.71. The standard InChI is InChI=1S/C23H24F3NO4/c1-21(2,3)31-20(29)27-22(23(24,25)26,17-10-6-5-7-11-17)19(28)14-13-16-9-8-12-18(15-16)30-4/h5-15H,1-4H3,(H,27,29)/b14-13-. The van der Waals surface area contributed by atoms with Crippen molar-refractivity contribution in [3.63, 3.8) is 0 Å². The summed E-state index contributed by atoms with van der Waals surface area (Å²) in [5, 5.41) is 1.79. The molecule has 8 heteroatoms. The number of carbonyl (C=O) groups excluding carboxylic acids is 2. The second kappa shape index (κ2) is 9.24. The summed E-state index contributed by atoms with van der Waals surface area (Å²) in [5.74, 6) is -0.897. The van der Waals surface area contributed by atoms with E-state index in [1.165, 1.54) is 52.2 Å². The predicted octanol–water partition coefficient (Wildman–Crippen LogP) is 5.26. The van der Waals surface area contributed by atoms with Gasteiger partial charge in [0.05, 0.1) is 7.11 Å². The van der Waals surface area contributed by atoms with Crippen LogP contribution < -0.4 is 10.1 Å². The Hall–Kier alpha value is -3.29. The third-order valence-electron chi connectivity index (χ3n) is 4.21. The van der Waals surface area contributed by atoms with E-state index in [-0.39, 0.29) is 0 Å². The summed E-state index contributed by atoms with van der Waals surface area (Å²) < 4.78 is 53.3. The SMILES string of the molecule is COc1cccc(/C=C\C(=O)C(NC(=O)OC(C)(C)C)(c2ccccc2)C(F)(F)F)c1. The molecule has 0 saturated carbocycles. The van der Waals surface area contributed by atoms with Gasteiger partial charge in [-0.25, -0.2) is 4.79 Å². The molecule has 5 nitrogen and oxygen atoms in total. The highest BCUT2D eigenvalue weighted by molar-refractivity contribution is 6.03. The molecule has 0 spiro atoms. The zero-order valence-electron chi connectivity index (χ0n) is 17.6. The smallest absolute Gasteiger partial charge is 0.423 e. The van der Waals surface area contributed by atoms with Gasteiger partial charge in [-0.1, -0.05) is 48.5 Å². The summed E-state index contributed by atoms with van der Waals surface area (Å²) >= 11 is 0. The molecule has 2 aromatic rings. The van der Waals surface area contributed by atoms with E-state index in [1.54, 1.807) is 29.6 Å². The molecule has 1 unspecified atom stereocenters. The summed E-state index contributed by atoms with van der Waals surface area (Å²) in [7, 11) is 1.45. The molecule has 0 aromatic heterocycles. The van der Waals surface area contributed by atoms with Gasteiger partial charge in [0, 0.05) is 0 Å². The molecule has 166 valence electrons. The van der Waals surface area contributed by atoms with E-state index in [2.05, 4.69) is 0 Å². The van der Waals surface area contributed by atoms with Crippen LogP contribution in [0.1, 0.15) is 31.9 Å². The Morgan fingerprint density at radius 2 is 1.61 bits per heavy atom. The first-order chi connectivity index (χ1) is 14.4. The predicted molar refractivity (Wildman–Crippen MR) is 111 cm³/mol. The Bertz CT molecular complexity index is 949.